The second kappa shape index (κ2) is 9.18. The van der Waals surface area contributed by atoms with Gasteiger partial charge in [-0.3, -0.25) is 9.78 Å². The minimum absolute atomic E-state index is 0.130. The van der Waals surface area contributed by atoms with Crippen LogP contribution in [0.1, 0.15) is 44.3 Å². The van der Waals surface area contributed by atoms with E-state index < -0.39 is 0 Å². The van der Waals surface area contributed by atoms with Crippen LogP contribution < -0.4 is 0 Å². The van der Waals surface area contributed by atoms with Gasteiger partial charge >= 0.3 is 0 Å². The zero-order chi connectivity index (χ0) is 24.5. The summed E-state index contributed by atoms with van der Waals surface area (Å²) < 4.78 is 11.2. The van der Waals surface area contributed by atoms with E-state index in [1.165, 1.54) is 0 Å². The van der Waals surface area contributed by atoms with Gasteiger partial charge in [0.15, 0.2) is 0 Å². The van der Waals surface area contributed by atoms with E-state index in [2.05, 4.69) is 34.2 Å². The van der Waals surface area contributed by atoms with Gasteiger partial charge < -0.3 is 13.8 Å². The molecule has 1 amide bonds. The highest BCUT2D eigenvalue weighted by Gasteiger charge is 2.25. The molecule has 7 nitrogen and oxygen atoms in total. The number of carbonyl (C=O) groups excluding carboxylic acids is 1. The van der Waals surface area contributed by atoms with Crippen molar-refractivity contribution < 1.29 is 13.7 Å². The average molecular weight is 467 g/mol. The number of aromatic nitrogens is 3. The molecule has 5 rings (SSSR count). The van der Waals surface area contributed by atoms with Crippen LogP contribution in [0.4, 0.5) is 0 Å². The van der Waals surface area contributed by atoms with E-state index in [-0.39, 0.29) is 5.91 Å². The van der Waals surface area contributed by atoms with E-state index in [0.717, 1.165) is 33.8 Å². The van der Waals surface area contributed by atoms with Gasteiger partial charge in [-0.2, -0.15) is 0 Å². The van der Waals surface area contributed by atoms with Crippen LogP contribution >= 0.6 is 0 Å². The molecule has 0 aliphatic carbocycles. The molecule has 5 aromatic rings. The highest BCUT2D eigenvalue weighted by molar-refractivity contribution is 6.07. The zero-order valence-corrected chi connectivity index (χ0v) is 20.2. The van der Waals surface area contributed by atoms with E-state index >= 15 is 0 Å². The van der Waals surface area contributed by atoms with Gasteiger partial charge in [-0.25, -0.2) is 4.98 Å². The molecule has 176 valence electrons. The van der Waals surface area contributed by atoms with Gasteiger partial charge in [0.05, 0.1) is 22.3 Å². The lowest BCUT2D eigenvalue weighted by atomic mass is 10.0. The molecule has 0 fully saturated rings. The smallest absolute Gasteiger partial charge is 0.259 e. The highest BCUT2D eigenvalue weighted by Crippen LogP contribution is 2.31. The number of hydrogen-bond acceptors (Lipinski definition) is 6. The first-order valence-electron chi connectivity index (χ1n) is 11.5. The van der Waals surface area contributed by atoms with Crippen molar-refractivity contribution in [1.29, 1.82) is 0 Å². The SMILES string of the molecule is Cc1cc(-c2cc(C(=O)N(Cc3cccnc3)Cc3ccccc3C)c3c(C)noc3n2)c(C)o1. The van der Waals surface area contributed by atoms with Crippen molar-refractivity contribution in [3.05, 3.63) is 100 Å². The van der Waals surface area contributed by atoms with Crippen molar-refractivity contribution in [2.75, 3.05) is 0 Å². The van der Waals surface area contributed by atoms with E-state index in [1.54, 1.807) is 12.4 Å². The van der Waals surface area contributed by atoms with E-state index in [9.17, 15) is 4.79 Å². The van der Waals surface area contributed by atoms with Gasteiger partial charge in [0.2, 0.25) is 0 Å². The predicted molar refractivity (Wildman–Crippen MR) is 133 cm³/mol. The Morgan fingerprint density at radius 3 is 2.54 bits per heavy atom. The number of benzene rings is 1. The Bertz CT molecular complexity index is 1520. The molecule has 0 N–H and O–H groups in total. The molecular weight excluding hydrogens is 440 g/mol. The molecule has 0 saturated heterocycles. The summed E-state index contributed by atoms with van der Waals surface area (Å²) in [7, 11) is 0. The summed E-state index contributed by atoms with van der Waals surface area (Å²) in [6, 6.07) is 15.7. The van der Waals surface area contributed by atoms with Gasteiger partial charge in [0.25, 0.3) is 11.6 Å². The minimum Gasteiger partial charge on any atom is -0.466 e. The molecule has 7 heteroatoms. The summed E-state index contributed by atoms with van der Waals surface area (Å²) in [5.41, 5.74) is 6.05. The topological polar surface area (TPSA) is 85.3 Å². The highest BCUT2D eigenvalue weighted by atomic mass is 16.5. The lowest BCUT2D eigenvalue weighted by Gasteiger charge is -2.24. The molecule has 0 atom stereocenters. The largest absolute Gasteiger partial charge is 0.466 e. The summed E-state index contributed by atoms with van der Waals surface area (Å²) in [5.74, 6) is 1.38. The molecule has 0 spiro atoms. The molecule has 4 heterocycles. The number of aryl methyl sites for hydroxylation is 4. The molecule has 0 saturated carbocycles. The van der Waals surface area contributed by atoms with Crippen molar-refractivity contribution in [2.45, 2.75) is 40.8 Å². The Balaban J connectivity index is 1.63. The van der Waals surface area contributed by atoms with Gasteiger partial charge in [-0.05, 0) is 62.6 Å². The third-order valence-corrected chi connectivity index (χ3v) is 6.17. The van der Waals surface area contributed by atoms with Crippen LogP contribution in [-0.2, 0) is 13.1 Å². The predicted octanol–water partition coefficient (Wildman–Crippen LogP) is 5.95. The van der Waals surface area contributed by atoms with Crippen LogP contribution in [-0.4, -0.2) is 25.9 Å². The third-order valence-electron chi connectivity index (χ3n) is 6.17. The van der Waals surface area contributed by atoms with Crippen molar-refractivity contribution in [1.82, 2.24) is 20.0 Å². The Morgan fingerprint density at radius 2 is 1.83 bits per heavy atom. The minimum atomic E-state index is -0.130. The second-order valence-electron chi connectivity index (χ2n) is 8.78. The first kappa shape index (κ1) is 22.5. The average Bonchev–Trinajstić information content (AvgIpc) is 3.40. The van der Waals surface area contributed by atoms with Gasteiger partial charge in [0.1, 0.15) is 11.5 Å². The monoisotopic (exact) mass is 466 g/mol. The number of rotatable bonds is 6. The van der Waals surface area contributed by atoms with E-state index in [0.29, 0.717) is 41.1 Å². The Kier molecular flexibility index (Phi) is 5.91. The number of hydrogen-bond donors (Lipinski definition) is 0. The number of furan rings is 1. The fraction of sp³-hybridized carbons (Fsp3) is 0.214. The maximum Gasteiger partial charge on any atom is 0.259 e. The number of amides is 1. The lowest BCUT2D eigenvalue weighted by molar-refractivity contribution is 0.0731. The molecule has 0 unspecified atom stereocenters. The zero-order valence-electron chi connectivity index (χ0n) is 20.2. The fourth-order valence-electron chi connectivity index (χ4n) is 4.36. The van der Waals surface area contributed by atoms with Crippen molar-refractivity contribution in [2.24, 2.45) is 0 Å². The van der Waals surface area contributed by atoms with Crippen molar-refractivity contribution in [3.8, 4) is 11.3 Å². The summed E-state index contributed by atoms with van der Waals surface area (Å²) in [6.45, 7) is 8.51. The Labute approximate surface area is 203 Å². The van der Waals surface area contributed by atoms with E-state index in [1.807, 2.05) is 62.1 Å². The summed E-state index contributed by atoms with van der Waals surface area (Å²) in [4.78, 5) is 24.9. The Hall–Kier alpha value is -4.26. The number of pyridine rings is 2. The van der Waals surface area contributed by atoms with Crippen molar-refractivity contribution >= 4 is 17.0 Å². The standard InChI is InChI=1S/C28H26N4O3/c1-17-8-5-6-10-22(17)16-32(15-21-9-7-11-29-14-21)28(33)24-13-25(23-12-18(2)34-20(23)4)30-27-26(24)19(3)31-35-27/h5-14H,15-16H2,1-4H3. The lowest BCUT2D eigenvalue weighted by Crippen LogP contribution is -2.30. The summed E-state index contributed by atoms with van der Waals surface area (Å²) >= 11 is 0. The maximum atomic E-state index is 14.2. The van der Waals surface area contributed by atoms with Gasteiger partial charge in [-0.1, -0.05) is 35.5 Å². The Morgan fingerprint density at radius 1 is 1.00 bits per heavy atom. The first-order valence-corrected chi connectivity index (χ1v) is 11.5. The van der Waals surface area contributed by atoms with Crippen LogP contribution in [0.2, 0.25) is 0 Å². The van der Waals surface area contributed by atoms with Crippen LogP contribution in [0.3, 0.4) is 0 Å². The maximum absolute atomic E-state index is 14.2. The number of nitrogens with zero attached hydrogens (tertiary/aromatic N) is 4. The molecule has 0 aliphatic heterocycles. The normalized spacial score (nSPS) is 11.2. The summed E-state index contributed by atoms with van der Waals surface area (Å²) in [5, 5.41) is 4.72. The molecular formula is C28H26N4O3. The van der Waals surface area contributed by atoms with Crippen LogP contribution in [0.5, 0.6) is 0 Å². The molecule has 4 aromatic heterocycles. The van der Waals surface area contributed by atoms with Crippen LogP contribution in [0, 0.1) is 27.7 Å². The molecule has 0 aliphatic rings. The molecule has 35 heavy (non-hydrogen) atoms. The molecule has 0 radical (unpaired) electrons. The first-order chi connectivity index (χ1) is 16.9. The van der Waals surface area contributed by atoms with Crippen LogP contribution in [0.15, 0.2) is 69.9 Å². The van der Waals surface area contributed by atoms with Gasteiger partial charge in [0, 0.05) is 31.0 Å². The van der Waals surface area contributed by atoms with Crippen molar-refractivity contribution in [3.63, 3.8) is 0 Å². The summed E-state index contributed by atoms with van der Waals surface area (Å²) in [6.07, 6.45) is 3.51. The van der Waals surface area contributed by atoms with E-state index in [4.69, 9.17) is 8.94 Å². The number of carbonyl (C=O) groups is 1. The fourth-order valence-corrected chi connectivity index (χ4v) is 4.36. The van der Waals surface area contributed by atoms with Crippen LogP contribution in [0.25, 0.3) is 22.4 Å². The molecule has 1 aromatic carbocycles. The molecule has 0 bridgehead atoms. The quantitative estimate of drug-likeness (QED) is 0.307. The van der Waals surface area contributed by atoms with Gasteiger partial charge in [-0.15, -0.1) is 0 Å². The third kappa shape index (κ3) is 4.45. The number of fused-ring (bicyclic) bond motifs is 1. The second-order valence-corrected chi connectivity index (χ2v) is 8.78.